The minimum atomic E-state index is -0.565. The Balaban J connectivity index is 2.57. The van der Waals surface area contributed by atoms with Crippen molar-refractivity contribution in [2.24, 2.45) is 5.41 Å². The van der Waals surface area contributed by atoms with E-state index in [-0.39, 0.29) is 23.8 Å². The van der Waals surface area contributed by atoms with Crippen LogP contribution in [0.5, 0.6) is 0 Å². The van der Waals surface area contributed by atoms with Gasteiger partial charge in [0, 0.05) is 22.5 Å². The maximum atomic E-state index is 12.9. The Kier molecular flexibility index (Phi) is 7.55. The first kappa shape index (κ1) is 22.3. The summed E-state index contributed by atoms with van der Waals surface area (Å²) >= 11 is 4.61. The molecular weight excluding hydrogens is 440 g/mol. The van der Waals surface area contributed by atoms with Crippen LogP contribution in [0.2, 0.25) is 0 Å². The standard InChI is InChI=1S/C21H25BrN2O3S/c1-5-10-23-18(26)13-24-19(12-17(25)21(2,3)4)28-16(20(24)27)11-14-6-8-15(22)9-7-14/h6-9,11-12H,5,10,13H2,1-4H3,(H,23,26)/b16-11-,19-12+. The third-order valence-corrected chi connectivity index (χ3v) is 5.56. The maximum absolute atomic E-state index is 12.9. The number of nitrogens with one attached hydrogen (secondary N) is 1. The molecule has 1 N–H and O–H groups in total. The summed E-state index contributed by atoms with van der Waals surface area (Å²) in [5.41, 5.74) is 0.0376. The van der Waals surface area contributed by atoms with Crippen LogP contribution in [0.25, 0.3) is 12.2 Å². The van der Waals surface area contributed by atoms with Crippen molar-refractivity contribution in [3.8, 4) is 0 Å². The second kappa shape index (κ2) is 9.47. The number of nitrogens with zero attached hydrogens (tertiary/aromatic N) is 1. The molecule has 2 aromatic rings. The normalized spacial score (nSPS) is 13.0. The van der Waals surface area contributed by atoms with Gasteiger partial charge in [0.25, 0.3) is 5.56 Å². The van der Waals surface area contributed by atoms with Crippen LogP contribution < -0.4 is 20.1 Å². The summed E-state index contributed by atoms with van der Waals surface area (Å²) in [4.78, 5) is 37.6. The summed E-state index contributed by atoms with van der Waals surface area (Å²) in [5.74, 6) is -0.332. The topological polar surface area (TPSA) is 68.2 Å². The molecule has 0 saturated carbocycles. The van der Waals surface area contributed by atoms with Crippen LogP contribution in [-0.2, 0) is 16.1 Å². The maximum Gasteiger partial charge on any atom is 0.269 e. The zero-order valence-electron chi connectivity index (χ0n) is 16.5. The van der Waals surface area contributed by atoms with E-state index in [0.717, 1.165) is 16.5 Å². The van der Waals surface area contributed by atoms with Crippen molar-refractivity contribution < 1.29 is 9.59 Å². The Hall–Kier alpha value is -1.99. The van der Waals surface area contributed by atoms with E-state index >= 15 is 0 Å². The van der Waals surface area contributed by atoms with Gasteiger partial charge in [0.2, 0.25) is 5.91 Å². The largest absolute Gasteiger partial charge is 0.355 e. The first-order valence-electron chi connectivity index (χ1n) is 9.11. The van der Waals surface area contributed by atoms with E-state index in [9.17, 15) is 14.4 Å². The number of hydrogen-bond acceptors (Lipinski definition) is 4. The number of Topliss-reactive ketones (excluding diaryl/α,β-unsaturated/α-hetero) is 1. The molecule has 1 amide bonds. The van der Waals surface area contributed by atoms with Gasteiger partial charge in [0.15, 0.2) is 5.78 Å². The van der Waals surface area contributed by atoms with Crippen LogP contribution in [-0.4, -0.2) is 22.8 Å². The molecule has 0 fully saturated rings. The van der Waals surface area contributed by atoms with Gasteiger partial charge in [-0.15, -0.1) is 11.3 Å². The Morgan fingerprint density at radius 1 is 1.21 bits per heavy atom. The molecule has 0 atom stereocenters. The third kappa shape index (κ3) is 6.01. The quantitative estimate of drug-likeness (QED) is 0.713. The summed E-state index contributed by atoms with van der Waals surface area (Å²) in [6.45, 7) is 7.88. The van der Waals surface area contributed by atoms with E-state index in [4.69, 9.17) is 0 Å². The highest BCUT2D eigenvalue weighted by Crippen LogP contribution is 2.15. The molecule has 28 heavy (non-hydrogen) atoms. The highest BCUT2D eigenvalue weighted by Gasteiger charge is 2.20. The fraction of sp³-hybridized carbons (Fsp3) is 0.381. The monoisotopic (exact) mass is 464 g/mol. The van der Waals surface area contributed by atoms with Crippen molar-refractivity contribution >= 4 is 51.1 Å². The number of ketones is 1. The van der Waals surface area contributed by atoms with Gasteiger partial charge >= 0.3 is 0 Å². The van der Waals surface area contributed by atoms with Gasteiger partial charge in [-0.3, -0.25) is 19.0 Å². The van der Waals surface area contributed by atoms with Crippen molar-refractivity contribution in [3.63, 3.8) is 0 Å². The molecule has 0 radical (unpaired) electrons. The molecule has 0 unspecified atom stereocenters. The lowest BCUT2D eigenvalue weighted by atomic mass is 9.91. The second-order valence-corrected chi connectivity index (χ2v) is 9.48. The number of halogens is 1. The minimum absolute atomic E-state index is 0.0911. The highest BCUT2D eigenvalue weighted by atomic mass is 79.9. The predicted octanol–water partition coefficient (Wildman–Crippen LogP) is 2.42. The Labute approximate surface area is 176 Å². The van der Waals surface area contributed by atoms with Crippen LogP contribution in [0.4, 0.5) is 0 Å². The minimum Gasteiger partial charge on any atom is -0.355 e. The molecule has 2 rings (SSSR count). The molecule has 7 heteroatoms. The van der Waals surface area contributed by atoms with Crippen LogP contribution in [0.15, 0.2) is 33.5 Å². The molecule has 150 valence electrons. The molecule has 5 nitrogen and oxygen atoms in total. The average Bonchev–Trinajstić information content (AvgIpc) is 2.90. The zero-order valence-corrected chi connectivity index (χ0v) is 18.9. The molecule has 0 bridgehead atoms. The number of carbonyl (C=O) groups excluding carboxylic acids is 2. The van der Waals surface area contributed by atoms with E-state index in [1.54, 1.807) is 6.08 Å². The summed E-state index contributed by atoms with van der Waals surface area (Å²) in [6, 6.07) is 7.58. The SMILES string of the molecule is CCCNC(=O)Cn1c(=O)/c(=C/c2ccc(Br)cc2)s/c1=C/C(=O)C(C)(C)C. The third-order valence-electron chi connectivity index (χ3n) is 3.97. The van der Waals surface area contributed by atoms with E-state index in [0.29, 0.717) is 15.7 Å². The summed E-state index contributed by atoms with van der Waals surface area (Å²) in [7, 11) is 0. The molecule has 0 aliphatic rings. The van der Waals surface area contributed by atoms with E-state index in [1.165, 1.54) is 22.0 Å². The fourth-order valence-corrected chi connectivity index (χ4v) is 3.60. The van der Waals surface area contributed by atoms with Gasteiger partial charge in [-0.25, -0.2) is 0 Å². The summed E-state index contributed by atoms with van der Waals surface area (Å²) < 4.78 is 3.30. The van der Waals surface area contributed by atoms with Crippen LogP contribution in [0.3, 0.4) is 0 Å². The fourth-order valence-electron chi connectivity index (χ4n) is 2.30. The number of aromatic nitrogens is 1. The smallest absolute Gasteiger partial charge is 0.269 e. The van der Waals surface area contributed by atoms with Gasteiger partial charge < -0.3 is 5.32 Å². The van der Waals surface area contributed by atoms with E-state index in [1.807, 2.05) is 52.0 Å². The van der Waals surface area contributed by atoms with Gasteiger partial charge in [0.05, 0.1) is 4.53 Å². The molecule has 0 aliphatic carbocycles. The molecule has 0 spiro atoms. The molecule has 1 heterocycles. The number of benzene rings is 1. The van der Waals surface area contributed by atoms with Crippen molar-refractivity contribution in [1.29, 1.82) is 0 Å². The van der Waals surface area contributed by atoms with Gasteiger partial charge in [-0.05, 0) is 30.2 Å². The Bertz CT molecular complexity index is 1030. The Morgan fingerprint density at radius 2 is 1.86 bits per heavy atom. The van der Waals surface area contributed by atoms with Crippen molar-refractivity contribution in [2.75, 3.05) is 6.54 Å². The van der Waals surface area contributed by atoms with Crippen molar-refractivity contribution in [3.05, 3.63) is 53.9 Å². The first-order valence-corrected chi connectivity index (χ1v) is 10.7. The lowest BCUT2D eigenvalue weighted by Crippen LogP contribution is -2.38. The highest BCUT2D eigenvalue weighted by molar-refractivity contribution is 9.10. The van der Waals surface area contributed by atoms with Gasteiger partial charge in [-0.1, -0.05) is 55.8 Å². The van der Waals surface area contributed by atoms with E-state index in [2.05, 4.69) is 21.2 Å². The van der Waals surface area contributed by atoms with Gasteiger partial charge in [0.1, 0.15) is 11.2 Å². The zero-order chi connectivity index (χ0) is 20.9. The van der Waals surface area contributed by atoms with Gasteiger partial charge in [-0.2, -0.15) is 0 Å². The molecular formula is C21H25BrN2O3S. The summed E-state index contributed by atoms with van der Waals surface area (Å²) in [5, 5.41) is 2.78. The van der Waals surface area contributed by atoms with E-state index < -0.39 is 5.41 Å². The first-order chi connectivity index (χ1) is 13.1. The predicted molar refractivity (Wildman–Crippen MR) is 118 cm³/mol. The molecule has 0 aliphatic heterocycles. The molecule has 1 aromatic heterocycles. The summed E-state index contributed by atoms with van der Waals surface area (Å²) in [6.07, 6.45) is 4.06. The number of thiazole rings is 1. The Morgan fingerprint density at radius 3 is 2.43 bits per heavy atom. The van der Waals surface area contributed by atoms with Crippen LogP contribution in [0, 0.1) is 5.41 Å². The van der Waals surface area contributed by atoms with Crippen LogP contribution >= 0.6 is 27.3 Å². The second-order valence-electron chi connectivity index (χ2n) is 7.50. The van der Waals surface area contributed by atoms with Crippen molar-refractivity contribution in [2.45, 2.75) is 40.7 Å². The average molecular weight is 465 g/mol. The lowest BCUT2D eigenvalue weighted by molar-refractivity contribution is -0.122. The molecule has 1 aromatic carbocycles. The van der Waals surface area contributed by atoms with Crippen molar-refractivity contribution in [1.82, 2.24) is 9.88 Å². The molecule has 0 saturated heterocycles. The lowest BCUT2D eigenvalue weighted by Gasteiger charge is -2.12. The number of carbonyl (C=O) groups is 2. The number of amides is 1. The van der Waals surface area contributed by atoms with Crippen LogP contribution in [0.1, 0.15) is 39.7 Å². The number of hydrogen-bond donors (Lipinski definition) is 1. The number of rotatable bonds is 6.